The van der Waals surface area contributed by atoms with E-state index >= 15 is 0 Å². The van der Waals surface area contributed by atoms with E-state index in [-0.39, 0.29) is 12.2 Å². The number of hydrogen-bond acceptors (Lipinski definition) is 5. The summed E-state index contributed by atoms with van der Waals surface area (Å²) in [5.74, 6) is 6.97. The molecule has 14 heavy (non-hydrogen) atoms. The summed E-state index contributed by atoms with van der Waals surface area (Å²) in [6.45, 7) is 3.71. The molecule has 0 aliphatic rings. The molecular formula is C8H16N4O2. The van der Waals surface area contributed by atoms with Crippen molar-refractivity contribution in [1.29, 1.82) is 0 Å². The van der Waals surface area contributed by atoms with Crippen molar-refractivity contribution >= 4 is 0 Å². The second-order valence-electron chi connectivity index (χ2n) is 3.04. The minimum Gasteiger partial charge on any atom is -0.374 e. The SMILES string of the molecule is CO[C@@H](C)c1nnc([C@H](C)OC)n1N. The van der Waals surface area contributed by atoms with Crippen LogP contribution < -0.4 is 5.84 Å². The van der Waals surface area contributed by atoms with Gasteiger partial charge in [0.25, 0.3) is 0 Å². The quantitative estimate of drug-likeness (QED) is 0.712. The first-order valence-electron chi connectivity index (χ1n) is 4.37. The van der Waals surface area contributed by atoms with Gasteiger partial charge >= 0.3 is 0 Å². The summed E-state index contributed by atoms with van der Waals surface area (Å²) in [7, 11) is 3.19. The number of aromatic nitrogens is 3. The molecule has 1 rings (SSSR count). The minimum absolute atomic E-state index is 0.176. The molecule has 0 unspecified atom stereocenters. The normalized spacial score (nSPS) is 15.4. The van der Waals surface area contributed by atoms with Crippen LogP contribution in [0, 0.1) is 0 Å². The van der Waals surface area contributed by atoms with Crippen molar-refractivity contribution in [2.24, 2.45) is 0 Å². The van der Waals surface area contributed by atoms with Crippen LogP contribution in [0.15, 0.2) is 0 Å². The van der Waals surface area contributed by atoms with Crippen LogP contribution in [0.2, 0.25) is 0 Å². The lowest BCUT2D eigenvalue weighted by molar-refractivity contribution is 0.102. The average molecular weight is 200 g/mol. The molecule has 6 heteroatoms. The van der Waals surface area contributed by atoms with Crippen molar-refractivity contribution in [3.05, 3.63) is 11.6 Å². The largest absolute Gasteiger partial charge is 0.374 e. The third kappa shape index (κ3) is 1.85. The van der Waals surface area contributed by atoms with Crippen LogP contribution in [0.3, 0.4) is 0 Å². The van der Waals surface area contributed by atoms with Gasteiger partial charge in [0.1, 0.15) is 12.2 Å². The van der Waals surface area contributed by atoms with Gasteiger partial charge in [-0.15, -0.1) is 10.2 Å². The zero-order chi connectivity index (χ0) is 10.7. The molecule has 1 heterocycles. The minimum atomic E-state index is -0.176. The Morgan fingerprint density at radius 3 is 1.71 bits per heavy atom. The van der Waals surface area contributed by atoms with Crippen molar-refractivity contribution < 1.29 is 9.47 Å². The molecule has 0 aromatic carbocycles. The summed E-state index contributed by atoms with van der Waals surface area (Å²) in [4.78, 5) is 0. The van der Waals surface area contributed by atoms with Gasteiger partial charge in [0.2, 0.25) is 0 Å². The van der Waals surface area contributed by atoms with E-state index in [1.807, 2.05) is 13.8 Å². The summed E-state index contributed by atoms with van der Waals surface area (Å²) in [6, 6.07) is 0. The molecule has 0 radical (unpaired) electrons. The summed E-state index contributed by atoms with van der Waals surface area (Å²) < 4.78 is 11.6. The van der Waals surface area contributed by atoms with Crippen LogP contribution in [-0.2, 0) is 9.47 Å². The van der Waals surface area contributed by atoms with E-state index in [1.165, 1.54) is 4.68 Å². The summed E-state index contributed by atoms with van der Waals surface area (Å²) >= 11 is 0. The van der Waals surface area contributed by atoms with Gasteiger partial charge in [-0.2, -0.15) is 0 Å². The van der Waals surface area contributed by atoms with Crippen molar-refractivity contribution in [3.8, 4) is 0 Å². The van der Waals surface area contributed by atoms with Crippen molar-refractivity contribution in [2.75, 3.05) is 20.1 Å². The van der Waals surface area contributed by atoms with Gasteiger partial charge in [0.05, 0.1) is 0 Å². The molecule has 0 aliphatic heterocycles. The maximum absolute atomic E-state index is 5.79. The van der Waals surface area contributed by atoms with E-state index in [0.717, 1.165) is 0 Å². The Morgan fingerprint density at radius 2 is 1.43 bits per heavy atom. The highest BCUT2D eigenvalue weighted by Gasteiger charge is 2.19. The monoisotopic (exact) mass is 200 g/mol. The van der Waals surface area contributed by atoms with Crippen LogP contribution in [0.1, 0.15) is 37.7 Å². The number of nitrogens with two attached hydrogens (primary N) is 1. The Labute approximate surface area is 83.0 Å². The van der Waals surface area contributed by atoms with Crippen molar-refractivity contribution in [2.45, 2.75) is 26.1 Å². The van der Waals surface area contributed by atoms with Gasteiger partial charge < -0.3 is 15.3 Å². The highest BCUT2D eigenvalue weighted by molar-refractivity contribution is 5.00. The molecule has 80 valence electrons. The summed E-state index contributed by atoms with van der Waals surface area (Å²) in [5, 5.41) is 7.88. The zero-order valence-corrected chi connectivity index (χ0v) is 8.89. The van der Waals surface area contributed by atoms with Gasteiger partial charge in [-0.3, -0.25) is 0 Å². The number of nitrogen functional groups attached to an aromatic ring is 1. The maximum atomic E-state index is 5.79. The predicted octanol–water partition coefficient (Wildman–Crippen LogP) is 0.407. The van der Waals surface area contributed by atoms with E-state index in [1.54, 1.807) is 14.2 Å². The Balaban J connectivity index is 2.96. The van der Waals surface area contributed by atoms with Crippen LogP contribution in [-0.4, -0.2) is 29.1 Å². The first-order chi connectivity index (χ1) is 6.61. The smallest absolute Gasteiger partial charge is 0.180 e. The fraction of sp³-hybridized carbons (Fsp3) is 0.750. The lowest BCUT2D eigenvalue weighted by Gasteiger charge is -2.11. The molecule has 0 saturated heterocycles. The molecule has 0 bridgehead atoms. The van der Waals surface area contributed by atoms with Crippen LogP contribution in [0.5, 0.6) is 0 Å². The van der Waals surface area contributed by atoms with Crippen molar-refractivity contribution in [1.82, 2.24) is 14.9 Å². The Morgan fingerprint density at radius 1 is 1.07 bits per heavy atom. The fourth-order valence-electron chi connectivity index (χ4n) is 1.08. The molecule has 0 amide bonds. The van der Waals surface area contributed by atoms with Gasteiger partial charge in [0.15, 0.2) is 11.6 Å². The molecule has 0 spiro atoms. The van der Waals surface area contributed by atoms with Crippen LogP contribution in [0.4, 0.5) is 0 Å². The van der Waals surface area contributed by atoms with E-state index in [0.29, 0.717) is 11.6 Å². The van der Waals surface area contributed by atoms with E-state index < -0.39 is 0 Å². The number of ether oxygens (including phenoxy) is 2. The molecular weight excluding hydrogens is 184 g/mol. The van der Waals surface area contributed by atoms with Gasteiger partial charge in [-0.05, 0) is 13.8 Å². The van der Waals surface area contributed by atoms with Crippen LogP contribution in [0.25, 0.3) is 0 Å². The Bertz CT molecular complexity index is 272. The van der Waals surface area contributed by atoms with Crippen LogP contribution >= 0.6 is 0 Å². The molecule has 0 saturated carbocycles. The van der Waals surface area contributed by atoms with Gasteiger partial charge in [-0.25, -0.2) is 4.68 Å². The first kappa shape index (κ1) is 10.9. The molecule has 6 nitrogen and oxygen atoms in total. The number of rotatable bonds is 4. The van der Waals surface area contributed by atoms with Crippen molar-refractivity contribution in [3.63, 3.8) is 0 Å². The van der Waals surface area contributed by atoms with E-state index in [4.69, 9.17) is 15.3 Å². The van der Waals surface area contributed by atoms with Gasteiger partial charge in [-0.1, -0.05) is 0 Å². The molecule has 0 aliphatic carbocycles. The fourth-order valence-corrected chi connectivity index (χ4v) is 1.08. The van der Waals surface area contributed by atoms with Gasteiger partial charge in [0, 0.05) is 14.2 Å². The molecule has 2 N–H and O–H groups in total. The highest BCUT2D eigenvalue weighted by Crippen LogP contribution is 2.17. The topological polar surface area (TPSA) is 75.2 Å². The van der Waals surface area contributed by atoms with E-state index in [2.05, 4.69) is 10.2 Å². The highest BCUT2D eigenvalue weighted by atomic mass is 16.5. The Kier molecular flexibility index (Phi) is 3.43. The zero-order valence-electron chi connectivity index (χ0n) is 8.89. The predicted molar refractivity (Wildman–Crippen MR) is 51.0 cm³/mol. The lowest BCUT2D eigenvalue weighted by Crippen LogP contribution is -2.20. The molecule has 0 fully saturated rings. The third-order valence-corrected chi connectivity index (χ3v) is 2.18. The number of hydrogen-bond donors (Lipinski definition) is 1. The van der Waals surface area contributed by atoms with E-state index in [9.17, 15) is 0 Å². The lowest BCUT2D eigenvalue weighted by atomic mass is 10.3. The second kappa shape index (κ2) is 4.39. The second-order valence-corrected chi connectivity index (χ2v) is 3.04. The summed E-state index contributed by atoms with van der Waals surface area (Å²) in [5.41, 5.74) is 0. The number of nitrogens with zero attached hydrogens (tertiary/aromatic N) is 3. The summed E-state index contributed by atoms with van der Waals surface area (Å²) in [6.07, 6.45) is -0.351. The third-order valence-electron chi connectivity index (χ3n) is 2.18. The first-order valence-corrected chi connectivity index (χ1v) is 4.37. The average Bonchev–Trinajstić information content (AvgIpc) is 2.58. The molecule has 1 aromatic rings. The molecule has 1 aromatic heterocycles. The standard InChI is InChI=1S/C8H16N4O2/c1-5(13-3)7-10-11-8(12(7)9)6(2)14-4/h5-6H,9H2,1-4H3/t5-,6-/m0/s1. The number of methoxy groups -OCH3 is 2. The molecule has 2 atom stereocenters. The maximum Gasteiger partial charge on any atom is 0.180 e. The Hall–Kier alpha value is -1.14.